The van der Waals surface area contributed by atoms with Gasteiger partial charge in [-0.05, 0) is 5.92 Å². The van der Waals surface area contributed by atoms with Crippen LogP contribution in [0.25, 0.3) is 0 Å². The quantitative estimate of drug-likeness (QED) is 0.115. The van der Waals surface area contributed by atoms with Crippen LogP contribution in [0.1, 0.15) is 200 Å². The lowest BCUT2D eigenvalue weighted by Gasteiger charge is -2.08. The average molecular weight is 449 g/mol. The molecule has 0 bridgehead atoms. The largest absolute Gasteiger partial charge is 0.0654 e. The molecule has 1 saturated carbocycles. The van der Waals surface area contributed by atoms with Crippen LogP contribution in [0.3, 0.4) is 0 Å². The third-order valence-corrected chi connectivity index (χ3v) is 8.19. The van der Waals surface area contributed by atoms with Gasteiger partial charge in [-0.25, -0.2) is 0 Å². The van der Waals surface area contributed by atoms with Crippen LogP contribution in [0, 0.1) is 5.92 Å². The van der Waals surface area contributed by atoms with Gasteiger partial charge in [0.15, 0.2) is 0 Å². The van der Waals surface area contributed by atoms with Crippen LogP contribution in [-0.4, -0.2) is 0 Å². The Hall–Kier alpha value is 0. The van der Waals surface area contributed by atoms with Crippen molar-refractivity contribution in [1.82, 2.24) is 0 Å². The lowest BCUT2D eigenvalue weighted by Crippen LogP contribution is -1.92. The third-order valence-electron chi connectivity index (χ3n) is 8.19. The normalized spacial score (nSPS) is 14.5. The molecule has 0 radical (unpaired) electrons. The second-order valence-electron chi connectivity index (χ2n) is 11.4. The standard InChI is InChI=1S/C32H64/c1-2-3-4-5-6-7-8-9-10-11-12-13-14-15-16-17-18-19-20-21-22-23-24-25-26-29-32-30-27-28-31-32/h32H,2-31H2,1H3. The molecule has 0 aromatic heterocycles. The third kappa shape index (κ3) is 21.8. The van der Waals surface area contributed by atoms with Gasteiger partial charge in [0.1, 0.15) is 0 Å². The lowest BCUT2D eigenvalue weighted by atomic mass is 9.98. The average Bonchev–Trinajstić information content (AvgIpc) is 3.32. The minimum atomic E-state index is 1.11. The number of rotatable bonds is 26. The van der Waals surface area contributed by atoms with E-state index in [1.165, 1.54) is 173 Å². The number of hydrogen-bond acceptors (Lipinski definition) is 0. The van der Waals surface area contributed by atoms with Crippen LogP contribution < -0.4 is 0 Å². The minimum Gasteiger partial charge on any atom is -0.0654 e. The van der Waals surface area contributed by atoms with Crippen LogP contribution >= 0.6 is 0 Å². The van der Waals surface area contributed by atoms with Crippen molar-refractivity contribution in [1.29, 1.82) is 0 Å². The van der Waals surface area contributed by atoms with Crippen molar-refractivity contribution in [2.75, 3.05) is 0 Å². The van der Waals surface area contributed by atoms with E-state index in [4.69, 9.17) is 0 Å². The summed E-state index contributed by atoms with van der Waals surface area (Å²) in [5, 5.41) is 0. The van der Waals surface area contributed by atoms with E-state index < -0.39 is 0 Å². The van der Waals surface area contributed by atoms with Gasteiger partial charge < -0.3 is 0 Å². The van der Waals surface area contributed by atoms with E-state index >= 15 is 0 Å². The van der Waals surface area contributed by atoms with Crippen molar-refractivity contribution >= 4 is 0 Å². The molecule has 0 heterocycles. The summed E-state index contributed by atoms with van der Waals surface area (Å²) in [6.07, 6.45) is 44.9. The van der Waals surface area contributed by atoms with Crippen molar-refractivity contribution < 1.29 is 0 Å². The van der Waals surface area contributed by atoms with Gasteiger partial charge in [0.2, 0.25) is 0 Å². The molecule has 1 aliphatic carbocycles. The first kappa shape index (κ1) is 30.0. The highest BCUT2D eigenvalue weighted by atomic mass is 14.2. The molecule has 0 unspecified atom stereocenters. The van der Waals surface area contributed by atoms with Crippen LogP contribution in [0.2, 0.25) is 0 Å². The van der Waals surface area contributed by atoms with E-state index in [9.17, 15) is 0 Å². The molecular weight excluding hydrogens is 384 g/mol. The topological polar surface area (TPSA) is 0 Å². The van der Waals surface area contributed by atoms with E-state index in [-0.39, 0.29) is 0 Å². The SMILES string of the molecule is CCCCCCCCCCCCCCCCCCCCCCCCCCCC1CCCC1. The predicted molar refractivity (Wildman–Crippen MR) is 148 cm³/mol. The maximum absolute atomic E-state index is 2.31. The predicted octanol–water partition coefficient (Wildman–Crippen LogP) is 12.3. The summed E-state index contributed by atoms with van der Waals surface area (Å²) in [4.78, 5) is 0. The van der Waals surface area contributed by atoms with Crippen molar-refractivity contribution in [2.45, 2.75) is 200 Å². The highest BCUT2D eigenvalue weighted by molar-refractivity contribution is 4.67. The van der Waals surface area contributed by atoms with Gasteiger partial charge >= 0.3 is 0 Å². The highest BCUT2D eigenvalue weighted by Crippen LogP contribution is 2.29. The molecule has 0 amide bonds. The molecule has 192 valence electrons. The highest BCUT2D eigenvalue weighted by Gasteiger charge is 2.13. The van der Waals surface area contributed by atoms with E-state index in [0.717, 1.165) is 5.92 Å². The van der Waals surface area contributed by atoms with Gasteiger partial charge in [-0.2, -0.15) is 0 Å². The Morgan fingerprint density at radius 3 is 0.875 bits per heavy atom. The molecule has 1 fully saturated rings. The fourth-order valence-corrected chi connectivity index (χ4v) is 5.87. The Morgan fingerprint density at radius 2 is 0.594 bits per heavy atom. The molecule has 0 spiro atoms. The van der Waals surface area contributed by atoms with Gasteiger partial charge in [-0.15, -0.1) is 0 Å². The van der Waals surface area contributed by atoms with Gasteiger partial charge in [0, 0.05) is 0 Å². The zero-order chi connectivity index (χ0) is 22.8. The summed E-state index contributed by atoms with van der Waals surface area (Å²) < 4.78 is 0. The first-order chi connectivity index (χ1) is 15.9. The fourth-order valence-electron chi connectivity index (χ4n) is 5.87. The second kappa shape index (κ2) is 25.6. The second-order valence-corrected chi connectivity index (χ2v) is 11.4. The van der Waals surface area contributed by atoms with Crippen LogP contribution in [0.4, 0.5) is 0 Å². The molecular formula is C32H64. The molecule has 0 aliphatic heterocycles. The molecule has 0 atom stereocenters. The molecule has 1 rings (SSSR count). The van der Waals surface area contributed by atoms with Crippen LogP contribution in [0.15, 0.2) is 0 Å². The van der Waals surface area contributed by atoms with Crippen molar-refractivity contribution in [3.8, 4) is 0 Å². The fraction of sp³-hybridized carbons (Fsp3) is 1.00. The summed E-state index contributed by atoms with van der Waals surface area (Å²) in [6.45, 7) is 2.31. The molecule has 0 nitrogen and oxygen atoms in total. The summed E-state index contributed by atoms with van der Waals surface area (Å²) in [6, 6.07) is 0. The molecule has 0 aromatic carbocycles. The Bertz CT molecular complexity index is 327. The van der Waals surface area contributed by atoms with Crippen LogP contribution in [-0.2, 0) is 0 Å². The Morgan fingerprint density at radius 1 is 0.344 bits per heavy atom. The summed E-state index contributed by atoms with van der Waals surface area (Å²) >= 11 is 0. The van der Waals surface area contributed by atoms with Gasteiger partial charge in [0.25, 0.3) is 0 Å². The van der Waals surface area contributed by atoms with E-state index in [1.54, 1.807) is 19.3 Å². The number of unbranched alkanes of at least 4 members (excludes halogenated alkanes) is 24. The zero-order valence-corrected chi connectivity index (χ0v) is 22.8. The molecule has 0 N–H and O–H groups in total. The zero-order valence-electron chi connectivity index (χ0n) is 22.8. The van der Waals surface area contributed by atoms with Gasteiger partial charge in [-0.1, -0.05) is 200 Å². The van der Waals surface area contributed by atoms with E-state index in [1.807, 2.05) is 0 Å². The van der Waals surface area contributed by atoms with E-state index in [0.29, 0.717) is 0 Å². The molecule has 0 saturated heterocycles. The molecule has 1 aliphatic rings. The van der Waals surface area contributed by atoms with E-state index in [2.05, 4.69) is 6.92 Å². The maximum atomic E-state index is 2.31. The van der Waals surface area contributed by atoms with Gasteiger partial charge in [-0.3, -0.25) is 0 Å². The summed E-state index contributed by atoms with van der Waals surface area (Å²) in [7, 11) is 0. The van der Waals surface area contributed by atoms with Gasteiger partial charge in [0.05, 0.1) is 0 Å². The van der Waals surface area contributed by atoms with Crippen LogP contribution in [0.5, 0.6) is 0 Å². The lowest BCUT2D eigenvalue weighted by molar-refractivity contribution is 0.459. The monoisotopic (exact) mass is 449 g/mol. The number of hydrogen-bond donors (Lipinski definition) is 0. The molecule has 0 heteroatoms. The first-order valence-corrected chi connectivity index (χ1v) is 15.9. The Labute approximate surface area is 205 Å². The van der Waals surface area contributed by atoms with Crippen molar-refractivity contribution in [3.63, 3.8) is 0 Å². The molecule has 32 heavy (non-hydrogen) atoms. The van der Waals surface area contributed by atoms with Crippen molar-refractivity contribution in [2.24, 2.45) is 5.92 Å². The maximum Gasteiger partial charge on any atom is -0.0414 e. The summed E-state index contributed by atoms with van der Waals surface area (Å²) in [5.41, 5.74) is 0. The Balaban J connectivity index is 1.60. The minimum absolute atomic E-state index is 1.11. The molecule has 0 aromatic rings. The Kier molecular flexibility index (Phi) is 24.0. The smallest absolute Gasteiger partial charge is 0.0414 e. The first-order valence-electron chi connectivity index (χ1n) is 15.9. The summed E-state index contributed by atoms with van der Waals surface area (Å²) in [5.74, 6) is 1.11. The van der Waals surface area contributed by atoms with Crippen molar-refractivity contribution in [3.05, 3.63) is 0 Å².